The lowest BCUT2D eigenvalue weighted by Crippen LogP contribution is -2.19. The van der Waals surface area contributed by atoms with Gasteiger partial charge in [0, 0.05) is 43.7 Å². The zero-order valence-corrected chi connectivity index (χ0v) is 37.4. The topological polar surface area (TPSA) is 32.8 Å². The van der Waals surface area contributed by atoms with Crippen molar-refractivity contribution >= 4 is 105 Å². The highest BCUT2D eigenvalue weighted by molar-refractivity contribution is 6.28. The molecule has 4 nitrogen and oxygen atoms in total. The molecule has 2 aromatic heterocycles. The quantitative estimate of drug-likeness (QED) is 0.143. The second kappa shape index (κ2) is 14.6. The molecule has 12 rings (SSSR count). The monoisotopic (exact) mass is 830 g/mol. The predicted molar refractivity (Wildman–Crippen MR) is 272 cm³/mol. The SMILES string of the molecule is CCc1cccc2c1oc1c(N(C3=CC(C)=C(C)CC3)c3ccc4ccc5c(N(c6ccc(C)c(C)c6)c6cccc7c6oc6c(CC)cccc67)ccc6ccc3c4c65)cccc12. The summed E-state index contributed by atoms with van der Waals surface area (Å²) in [6, 6.07) is 51.8. The summed E-state index contributed by atoms with van der Waals surface area (Å²) in [5, 5.41) is 12.0. The molecule has 0 radical (unpaired) electrons. The fraction of sp³-hybridized carbons (Fsp3) is 0.167. The van der Waals surface area contributed by atoms with Gasteiger partial charge in [-0.3, -0.25) is 0 Å². The summed E-state index contributed by atoms with van der Waals surface area (Å²) in [5.41, 5.74) is 18.2. The normalized spacial score (nSPS) is 13.5. The van der Waals surface area contributed by atoms with Crippen molar-refractivity contribution < 1.29 is 8.83 Å². The molecule has 312 valence electrons. The molecule has 11 aromatic rings. The van der Waals surface area contributed by atoms with Crippen LogP contribution in [0.15, 0.2) is 171 Å². The van der Waals surface area contributed by atoms with E-state index in [0.29, 0.717) is 0 Å². The molecule has 2 heterocycles. The van der Waals surface area contributed by atoms with Crippen LogP contribution >= 0.6 is 0 Å². The summed E-state index contributed by atoms with van der Waals surface area (Å²) >= 11 is 0. The van der Waals surface area contributed by atoms with Crippen molar-refractivity contribution in [3.05, 3.63) is 185 Å². The maximum absolute atomic E-state index is 6.98. The molecule has 0 N–H and O–H groups in total. The third-order valence-corrected chi connectivity index (χ3v) is 14.4. The van der Waals surface area contributed by atoms with Crippen molar-refractivity contribution in [3.63, 3.8) is 0 Å². The van der Waals surface area contributed by atoms with Gasteiger partial charge in [0.2, 0.25) is 0 Å². The minimum atomic E-state index is 0.895. The van der Waals surface area contributed by atoms with Crippen LogP contribution in [0.3, 0.4) is 0 Å². The fourth-order valence-corrected chi connectivity index (χ4v) is 10.6. The van der Waals surface area contributed by atoms with E-state index in [1.807, 2.05) is 0 Å². The van der Waals surface area contributed by atoms with E-state index >= 15 is 0 Å². The number of hydrogen-bond donors (Lipinski definition) is 0. The lowest BCUT2D eigenvalue weighted by atomic mass is 9.91. The van der Waals surface area contributed by atoms with Crippen LogP contribution in [-0.2, 0) is 12.8 Å². The minimum absolute atomic E-state index is 0.895. The van der Waals surface area contributed by atoms with E-state index in [-0.39, 0.29) is 0 Å². The molecule has 0 spiro atoms. The third-order valence-electron chi connectivity index (χ3n) is 14.4. The predicted octanol–water partition coefficient (Wildman–Crippen LogP) is 17.7. The lowest BCUT2D eigenvalue weighted by molar-refractivity contribution is 0.662. The van der Waals surface area contributed by atoms with Crippen LogP contribution in [0.25, 0.3) is 76.2 Å². The van der Waals surface area contributed by atoms with E-state index in [2.05, 4.69) is 197 Å². The van der Waals surface area contributed by atoms with E-state index in [0.717, 1.165) is 92.6 Å². The molecule has 1 aliphatic rings. The van der Waals surface area contributed by atoms with Gasteiger partial charge in [0.05, 0.1) is 22.7 Å². The lowest BCUT2D eigenvalue weighted by Gasteiger charge is -2.32. The number of para-hydroxylation sites is 4. The Kier molecular flexibility index (Phi) is 8.78. The maximum Gasteiger partial charge on any atom is 0.159 e. The van der Waals surface area contributed by atoms with Crippen LogP contribution in [0, 0.1) is 13.8 Å². The Morgan fingerprint density at radius 3 is 1.47 bits per heavy atom. The van der Waals surface area contributed by atoms with Gasteiger partial charge in [-0.05, 0) is 140 Å². The van der Waals surface area contributed by atoms with Gasteiger partial charge >= 0.3 is 0 Å². The highest BCUT2D eigenvalue weighted by atomic mass is 16.3. The zero-order valence-electron chi connectivity index (χ0n) is 37.4. The fourth-order valence-electron chi connectivity index (χ4n) is 10.6. The van der Waals surface area contributed by atoms with E-state index in [1.165, 1.54) is 76.8 Å². The highest BCUT2D eigenvalue weighted by Crippen LogP contribution is 2.50. The number of furan rings is 2. The average molecular weight is 831 g/mol. The van der Waals surface area contributed by atoms with Gasteiger partial charge in [-0.1, -0.05) is 128 Å². The molecule has 4 heteroatoms. The van der Waals surface area contributed by atoms with Gasteiger partial charge < -0.3 is 18.6 Å². The average Bonchev–Trinajstić information content (AvgIpc) is 3.91. The first-order chi connectivity index (χ1) is 31.3. The Hall–Kier alpha value is -7.30. The molecule has 0 unspecified atom stereocenters. The van der Waals surface area contributed by atoms with Gasteiger partial charge in [-0.2, -0.15) is 0 Å². The highest BCUT2D eigenvalue weighted by Gasteiger charge is 2.27. The Bertz CT molecular complexity index is 3760. The van der Waals surface area contributed by atoms with Crippen molar-refractivity contribution in [2.24, 2.45) is 0 Å². The van der Waals surface area contributed by atoms with Crippen LogP contribution in [0.5, 0.6) is 0 Å². The third kappa shape index (κ3) is 5.68. The molecule has 64 heavy (non-hydrogen) atoms. The molecule has 0 atom stereocenters. The van der Waals surface area contributed by atoms with Crippen molar-refractivity contribution in [1.29, 1.82) is 0 Å². The van der Waals surface area contributed by atoms with Crippen molar-refractivity contribution in [2.45, 2.75) is 67.2 Å². The summed E-state index contributed by atoms with van der Waals surface area (Å²) in [5.74, 6) is 0. The minimum Gasteiger partial charge on any atom is -0.454 e. The summed E-state index contributed by atoms with van der Waals surface area (Å²) in [7, 11) is 0. The maximum atomic E-state index is 6.98. The van der Waals surface area contributed by atoms with E-state index in [1.54, 1.807) is 0 Å². The number of fused-ring (bicyclic) bond motifs is 6. The molecular weight excluding hydrogens is 781 g/mol. The first-order valence-corrected chi connectivity index (χ1v) is 22.9. The Labute approximate surface area is 373 Å². The first kappa shape index (κ1) is 38.4. The summed E-state index contributed by atoms with van der Waals surface area (Å²) < 4.78 is 13.9. The Morgan fingerprint density at radius 2 is 0.938 bits per heavy atom. The van der Waals surface area contributed by atoms with Crippen LogP contribution in [0.2, 0.25) is 0 Å². The van der Waals surface area contributed by atoms with E-state index < -0.39 is 0 Å². The Morgan fingerprint density at radius 1 is 0.438 bits per heavy atom. The molecule has 9 aromatic carbocycles. The summed E-state index contributed by atoms with van der Waals surface area (Å²) in [6.45, 7) is 13.3. The molecule has 0 amide bonds. The van der Waals surface area contributed by atoms with Crippen molar-refractivity contribution in [1.82, 2.24) is 0 Å². The summed E-state index contributed by atoms with van der Waals surface area (Å²) in [6.07, 6.45) is 6.17. The van der Waals surface area contributed by atoms with Gasteiger partial charge in [0.25, 0.3) is 0 Å². The smallest absolute Gasteiger partial charge is 0.159 e. The first-order valence-electron chi connectivity index (χ1n) is 22.9. The number of aryl methyl sites for hydroxylation is 4. The van der Waals surface area contributed by atoms with Gasteiger partial charge in [-0.25, -0.2) is 0 Å². The molecule has 0 saturated carbocycles. The van der Waals surface area contributed by atoms with Crippen LogP contribution < -0.4 is 9.80 Å². The van der Waals surface area contributed by atoms with Crippen LogP contribution in [0.1, 0.15) is 62.8 Å². The van der Waals surface area contributed by atoms with E-state index in [9.17, 15) is 0 Å². The van der Waals surface area contributed by atoms with Crippen molar-refractivity contribution in [2.75, 3.05) is 9.80 Å². The Balaban J connectivity index is 1.13. The number of allylic oxidation sites excluding steroid dienone is 4. The standard InChI is InChI=1S/C60H50N2O2/c1-7-39-13-9-15-45-47-17-11-19-53(59(47)63-57(39)45)61(43-27-21-35(3)37(5)33-43)51-31-25-41-24-30-50-52(32-26-42-23-29-49(51)55(41)56(42)50)62(44-28-22-36(4)38(6)34-44)54-20-12-18-48-46-16-10-14-40(8-2)58(46)64-60(48)54/h9-21,23-27,29-34H,7-8,22,28H2,1-6H3. The number of benzene rings is 9. The second-order valence-electron chi connectivity index (χ2n) is 17.9. The van der Waals surface area contributed by atoms with Gasteiger partial charge in [0.1, 0.15) is 11.2 Å². The van der Waals surface area contributed by atoms with Gasteiger partial charge in [0.15, 0.2) is 11.2 Å². The molecule has 0 saturated heterocycles. The zero-order chi connectivity index (χ0) is 43.4. The van der Waals surface area contributed by atoms with Crippen molar-refractivity contribution in [3.8, 4) is 0 Å². The number of anilines is 5. The number of rotatable bonds is 8. The molecule has 0 aliphatic heterocycles. The number of nitrogens with zero attached hydrogens (tertiary/aromatic N) is 2. The summed E-state index contributed by atoms with van der Waals surface area (Å²) in [4.78, 5) is 4.94. The van der Waals surface area contributed by atoms with E-state index in [4.69, 9.17) is 8.83 Å². The molecule has 0 bridgehead atoms. The largest absolute Gasteiger partial charge is 0.454 e. The molecule has 0 fully saturated rings. The molecule has 1 aliphatic carbocycles. The van der Waals surface area contributed by atoms with Crippen LogP contribution in [-0.4, -0.2) is 0 Å². The molecular formula is C60H50N2O2. The number of hydrogen-bond acceptors (Lipinski definition) is 4. The van der Waals surface area contributed by atoms with Crippen LogP contribution in [0.4, 0.5) is 28.4 Å². The second-order valence-corrected chi connectivity index (χ2v) is 17.9. The van der Waals surface area contributed by atoms with Gasteiger partial charge in [-0.15, -0.1) is 0 Å².